The third kappa shape index (κ3) is 4.06. The van der Waals surface area contributed by atoms with E-state index in [1.54, 1.807) is 19.2 Å². The maximum Gasteiger partial charge on any atom is 0.180 e. The van der Waals surface area contributed by atoms with E-state index in [-0.39, 0.29) is 5.75 Å². The minimum atomic E-state index is -3.31. The van der Waals surface area contributed by atoms with Crippen LogP contribution < -0.4 is 20.7 Å². The maximum atomic E-state index is 12.7. The standard InChI is InChI=1S/C22H26N4O3S/c1-29-17-7-8-19-18(13-17)20(24-10-4-9-23)14-22(25-19)26-11-12-30(27,28)21-6-3-2-5-16(21)15-26/h2-3,5-8,13-14H,4,9-12,15,23H2,1H3,(H,24,25). The van der Waals surface area contributed by atoms with E-state index in [0.717, 1.165) is 46.7 Å². The third-order valence-corrected chi connectivity index (χ3v) is 7.11. The molecule has 0 saturated heterocycles. The van der Waals surface area contributed by atoms with Crippen molar-refractivity contribution < 1.29 is 13.2 Å². The topological polar surface area (TPSA) is 97.5 Å². The SMILES string of the molecule is COc1ccc2nc(N3CCS(=O)(=O)c4ccccc4C3)cc(NCCCN)c2c1. The van der Waals surface area contributed by atoms with Crippen molar-refractivity contribution in [1.29, 1.82) is 0 Å². The van der Waals surface area contributed by atoms with E-state index in [9.17, 15) is 8.42 Å². The minimum Gasteiger partial charge on any atom is -0.497 e. The van der Waals surface area contributed by atoms with Gasteiger partial charge in [-0.1, -0.05) is 18.2 Å². The first kappa shape index (κ1) is 20.4. The average Bonchev–Trinajstić information content (AvgIpc) is 2.89. The van der Waals surface area contributed by atoms with Gasteiger partial charge < -0.3 is 20.7 Å². The number of rotatable bonds is 6. The fourth-order valence-electron chi connectivity index (χ4n) is 3.71. The van der Waals surface area contributed by atoms with Gasteiger partial charge in [0.05, 0.1) is 23.3 Å². The number of benzene rings is 2. The van der Waals surface area contributed by atoms with Crippen molar-refractivity contribution in [1.82, 2.24) is 4.98 Å². The number of fused-ring (bicyclic) bond motifs is 2. The Kier molecular flexibility index (Phi) is 5.78. The number of sulfone groups is 1. The number of ether oxygens (including phenoxy) is 1. The number of nitrogens with one attached hydrogen (secondary N) is 1. The lowest BCUT2D eigenvalue weighted by Crippen LogP contribution is -2.26. The van der Waals surface area contributed by atoms with Crippen molar-refractivity contribution in [2.24, 2.45) is 5.73 Å². The lowest BCUT2D eigenvalue weighted by atomic mass is 10.1. The van der Waals surface area contributed by atoms with Gasteiger partial charge in [-0.2, -0.15) is 0 Å². The summed E-state index contributed by atoms with van der Waals surface area (Å²) in [6, 6.07) is 15.0. The molecule has 0 aliphatic carbocycles. The summed E-state index contributed by atoms with van der Waals surface area (Å²) >= 11 is 0. The number of pyridine rings is 1. The number of anilines is 2. The van der Waals surface area contributed by atoms with Gasteiger partial charge in [-0.05, 0) is 42.8 Å². The van der Waals surface area contributed by atoms with E-state index < -0.39 is 9.84 Å². The molecule has 0 fully saturated rings. The van der Waals surface area contributed by atoms with Crippen molar-refractivity contribution in [3.8, 4) is 5.75 Å². The van der Waals surface area contributed by atoms with Crippen LogP contribution in [0, 0.1) is 0 Å². The Morgan fingerprint density at radius 3 is 2.83 bits per heavy atom. The number of hydrogen-bond acceptors (Lipinski definition) is 7. The molecule has 0 amide bonds. The zero-order valence-corrected chi connectivity index (χ0v) is 17.8. The normalized spacial score (nSPS) is 15.5. The predicted molar refractivity (Wildman–Crippen MR) is 120 cm³/mol. The third-order valence-electron chi connectivity index (χ3n) is 5.32. The highest BCUT2D eigenvalue weighted by atomic mass is 32.2. The van der Waals surface area contributed by atoms with Gasteiger partial charge in [0.15, 0.2) is 9.84 Å². The molecule has 0 spiro atoms. The molecular formula is C22H26N4O3S. The predicted octanol–water partition coefficient (Wildman–Crippen LogP) is 2.80. The molecule has 1 aromatic heterocycles. The molecule has 3 aromatic rings. The van der Waals surface area contributed by atoms with E-state index in [1.165, 1.54) is 0 Å². The monoisotopic (exact) mass is 426 g/mol. The molecule has 4 rings (SSSR count). The van der Waals surface area contributed by atoms with Crippen molar-refractivity contribution in [3.63, 3.8) is 0 Å². The molecule has 1 aliphatic heterocycles. The average molecular weight is 427 g/mol. The van der Waals surface area contributed by atoms with Crippen LogP contribution in [-0.4, -0.2) is 45.9 Å². The Labute approximate surface area is 176 Å². The molecule has 2 aromatic carbocycles. The van der Waals surface area contributed by atoms with Crippen molar-refractivity contribution >= 4 is 32.2 Å². The Balaban J connectivity index is 1.77. The van der Waals surface area contributed by atoms with Gasteiger partial charge in [0.25, 0.3) is 0 Å². The summed E-state index contributed by atoms with van der Waals surface area (Å²) in [5, 5.41) is 4.41. The van der Waals surface area contributed by atoms with Crippen LogP contribution >= 0.6 is 0 Å². The number of nitrogens with two attached hydrogens (primary N) is 1. The van der Waals surface area contributed by atoms with Crippen molar-refractivity contribution in [2.75, 3.05) is 42.7 Å². The second-order valence-corrected chi connectivity index (χ2v) is 9.41. The fourth-order valence-corrected chi connectivity index (χ4v) is 5.21. The molecule has 0 unspecified atom stereocenters. The maximum absolute atomic E-state index is 12.7. The molecule has 7 nitrogen and oxygen atoms in total. The van der Waals surface area contributed by atoms with E-state index in [2.05, 4.69) is 5.32 Å². The summed E-state index contributed by atoms with van der Waals surface area (Å²) in [5.41, 5.74) is 8.20. The van der Waals surface area contributed by atoms with Gasteiger partial charge in [0.2, 0.25) is 0 Å². The van der Waals surface area contributed by atoms with Crippen LogP contribution in [0.25, 0.3) is 10.9 Å². The van der Waals surface area contributed by atoms with Crippen LogP contribution in [-0.2, 0) is 16.4 Å². The Morgan fingerprint density at radius 1 is 1.20 bits per heavy atom. The highest BCUT2D eigenvalue weighted by Crippen LogP contribution is 2.32. The van der Waals surface area contributed by atoms with Crippen LogP contribution in [0.1, 0.15) is 12.0 Å². The van der Waals surface area contributed by atoms with Gasteiger partial charge in [0, 0.05) is 36.8 Å². The van der Waals surface area contributed by atoms with Gasteiger partial charge in [-0.15, -0.1) is 0 Å². The van der Waals surface area contributed by atoms with E-state index in [4.69, 9.17) is 15.5 Å². The Morgan fingerprint density at radius 2 is 2.03 bits per heavy atom. The zero-order chi connectivity index (χ0) is 21.1. The second kappa shape index (κ2) is 8.49. The Bertz CT molecular complexity index is 1160. The molecule has 3 N–H and O–H groups in total. The summed E-state index contributed by atoms with van der Waals surface area (Å²) in [6.45, 7) is 2.22. The summed E-state index contributed by atoms with van der Waals surface area (Å²) < 4.78 is 30.8. The fraction of sp³-hybridized carbons (Fsp3) is 0.318. The van der Waals surface area contributed by atoms with Crippen LogP contribution in [0.15, 0.2) is 53.4 Å². The van der Waals surface area contributed by atoms with Gasteiger partial charge in [-0.25, -0.2) is 13.4 Å². The first-order valence-corrected chi connectivity index (χ1v) is 11.7. The van der Waals surface area contributed by atoms with Gasteiger partial charge in [0.1, 0.15) is 11.6 Å². The van der Waals surface area contributed by atoms with Crippen LogP contribution in [0.5, 0.6) is 5.75 Å². The zero-order valence-electron chi connectivity index (χ0n) is 17.0. The molecule has 1 aliphatic rings. The first-order valence-electron chi connectivity index (χ1n) is 10.00. The molecule has 0 atom stereocenters. The quantitative estimate of drug-likeness (QED) is 0.585. The minimum absolute atomic E-state index is 0.0578. The summed E-state index contributed by atoms with van der Waals surface area (Å²) in [7, 11) is -1.68. The largest absolute Gasteiger partial charge is 0.497 e. The van der Waals surface area contributed by atoms with Crippen LogP contribution in [0.3, 0.4) is 0 Å². The number of methoxy groups -OCH3 is 1. The molecule has 0 bridgehead atoms. The summed E-state index contributed by atoms with van der Waals surface area (Å²) in [6.07, 6.45) is 0.846. The molecule has 8 heteroatoms. The van der Waals surface area contributed by atoms with Crippen molar-refractivity contribution in [3.05, 3.63) is 54.1 Å². The Hall–Kier alpha value is -2.84. The van der Waals surface area contributed by atoms with Gasteiger partial charge >= 0.3 is 0 Å². The molecule has 0 saturated carbocycles. The molecular weight excluding hydrogens is 400 g/mol. The second-order valence-electron chi connectivity index (χ2n) is 7.33. The lowest BCUT2D eigenvalue weighted by Gasteiger charge is -2.23. The highest BCUT2D eigenvalue weighted by Gasteiger charge is 2.26. The summed E-state index contributed by atoms with van der Waals surface area (Å²) in [4.78, 5) is 7.28. The lowest BCUT2D eigenvalue weighted by molar-refractivity contribution is 0.415. The molecule has 30 heavy (non-hydrogen) atoms. The molecule has 2 heterocycles. The molecule has 158 valence electrons. The smallest absolute Gasteiger partial charge is 0.180 e. The van der Waals surface area contributed by atoms with Gasteiger partial charge in [-0.3, -0.25) is 0 Å². The van der Waals surface area contributed by atoms with Crippen LogP contribution in [0.4, 0.5) is 11.5 Å². The summed E-state index contributed by atoms with van der Waals surface area (Å²) in [5.74, 6) is 1.56. The van der Waals surface area contributed by atoms with Crippen molar-refractivity contribution in [2.45, 2.75) is 17.9 Å². The van der Waals surface area contributed by atoms with Crippen LogP contribution in [0.2, 0.25) is 0 Å². The van der Waals surface area contributed by atoms with E-state index in [0.29, 0.717) is 24.5 Å². The van der Waals surface area contributed by atoms with E-state index in [1.807, 2.05) is 41.3 Å². The van der Waals surface area contributed by atoms with E-state index >= 15 is 0 Å². The number of hydrogen-bond donors (Lipinski definition) is 2. The molecule has 0 radical (unpaired) electrons. The first-order chi connectivity index (χ1) is 14.5. The highest BCUT2D eigenvalue weighted by molar-refractivity contribution is 7.91. The number of nitrogens with zero attached hydrogens (tertiary/aromatic N) is 2. The number of aromatic nitrogens is 1.